The molecule has 1 fully saturated rings. The Labute approximate surface area is 135 Å². The first-order valence-electron chi connectivity index (χ1n) is 6.59. The lowest BCUT2D eigenvalue weighted by atomic mass is 10.1. The number of nitrogens with two attached hydrogens (primary N) is 1. The molecule has 1 aliphatic heterocycles. The quantitative estimate of drug-likeness (QED) is 0.359. The van der Waals surface area contributed by atoms with Crippen molar-refractivity contribution in [3.8, 4) is 12.3 Å². The molecule has 0 aromatic carbocycles. The third-order valence-electron chi connectivity index (χ3n) is 3.37. The van der Waals surface area contributed by atoms with Gasteiger partial charge in [-0.15, -0.1) is 6.42 Å². The van der Waals surface area contributed by atoms with Gasteiger partial charge in [0, 0.05) is 0 Å². The molecule has 0 saturated carbocycles. The van der Waals surface area contributed by atoms with E-state index in [2.05, 4.69) is 15.4 Å². The van der Waals surface area contributed by atoms with Gasteiger partial charge in [0.2, 0.25) is 0 Å². The number of nitrogens with zero attached hydrogens (tertiary/aromatic N) is 2. The second kappa shape index (κ2) is 6.98. The number of primary amides is 1. The van der Waals surface area contributed by atoms with E-state index in [0.29, 0.717) is 0 Å². The van der Waals surface area contributed by atoms with E-state index < -0.39 is 51.1 Å². The summed E-state index contributed by atoms with van der Waals surface area (Å²) in [4.78, 5) is 24.0. The van der Waals surface area contributed by atoms with E-state index in [0.717, 1.165) is 10.9 Å². The average molecular weight is 363 g/mol. The number of halogens is 1. The number of imidazole rings is 1. The first-order chi connectivity index (χ1) is 11.2. The molecule has 2 heterocycles. The molecule has 0 spiro atoms. The Balaban J connectivity index is 2.20. The van der Waals surface area contributed by atoms with Gasteiger partial charge in [0.25, 0.3) is 5.91 Å². The van der Waals surface area contributed by atoms with Gasteiger partial charge in [0.15, 0.2) is 18.3 Å². The number of aliphatic hydroxyl groups is 2. The minimum absolute atomic E-state index is 0.0723. The summed E-state index contributed by atoms with van der Waals surface area (Å²) in [6, 6.07) is 0. The van der Waals surface area contributed by atoms with Gasteiger partial charge < -0.3 is 30.1 Å². The fraction of sp³-hybridized carbons (Fsp3) is 0.500. The van der Waals surface area contributed by atoms with E-state index in [9.17, 15) is 24.0 Å². The maximum atomic E-state index is 12.3. The van der Waals surface area contributed by atoms with Crippen LogP contribution in [0, 0.1) is 12.3 Å². The van der Waals surface area contributed by atoms with Gasteiger partial charge in [-0.3, -0.25) is 13.9 Å². The molecule has 1 saturated heterocycles. The Kier molecular flexibility index (Phi) is 5.39. The minimum Gasteiger partial charge on any atom is -0.387 e. The van der Waals surface area contributed by atoms with Crippen molar-refractivity contribution in [1.29, 1.82) is 0 Å². The molecule has 1 amide bonds. The van der Waals surface area contributed by atoms with Crippen molar-refractivity contribution < 1.29 is 38.1 Å². The van der Waals surface area contributed by atoms with Gasteiger partial charge in [0.1, 0.15) is 24.0 Å². The molecule has 0 bridgehead atoms. The van der Waals surface area contributed by atoms with Crippen LogP contribution in [0.15, 0.2) is 6.33 Å². The summed E-state index contributed by atoms with van der Waals surface area (Å²) in [6.45, 7) is -0.644. The molecule has 5 N–H and O–H groups in total. The standard InChI is InChI=1S/C12H15FN3O7P/c1-2-6-8(11(14)19)15-5-16(6)12-10(18)9(17)7(23-12)3-22-24(20,21)4-13/h1,5,7,9-10,12,17-18H,3-4H2,(H2,14,19)(H,20,21)/t7-,9+,10?,12-/m1/s1. The molecule has 132 valence electrons. The van der Waals surface area contributed by atoms with Crippen LogP contribution >= 0.6 is 7.60 Å². The lowest BCUT2D eigenvalue weighted by molar-refractivity contribution is -0.0507. The summed E-state index contributed by atoms with van der Waals surface area (Å²) in [5.74, 6) is 1.29. The number of aromatic nitrogens is 2. The lowest BCUT2D eigenvalue weighted by Gasteiger charge is -2.17. The Morgan fingerprint density at radius 1 is 1.58 bits per heavy atom. The van der Waals surface area contributed by atoms with E-state index in [1.54, 1.807) is 0 Å². The van der Waals surface area contributed by atoms with Gasteiger partial charge in [-0.2, -0.15) is 0 Å². The van der Waals surface area contributed by atoms with E-state index >= 15 is 0 Å². The second-order valence-electron chi connectivity index (χ2n) is 4.96. The molecule has 0 radical (unpaired) electrons. The zero-order chi connectivity index (χ0) is 18.1. The normalized spacial score (nSPS) is 29.1. The highest BCUT2D eigenvalue weighted by atomic mass is 31.2. The Morgan fingerprint density at radius 3 is 2.79 bits per heavy atom. The van der Waals surface area contributed by atoms with Crippen LogP contribution in [0.3, 0.4) is 0 Å². The van der Waals surface area contributed by atoms with Gasteiger partial charge in [-0.1, -0.05) is 0 Å². The van der Waals surface area contributed by atoms with E-state index in [-0.39, 0.29) is 11.4 Å². The summed E-state index contributed by atoms with van der Waals surface area (Å²) >= 11 is 0. The molecule has 12 heteroatoms. The first kappa shape index (κ1) is 18.5. The van der Waals surface area contributed by atoms with Crippen LogP contribution in [0.4, 0.5) is 4.39 Å². The molecule has 0 aliphatic carbocycles. The summed E-state index contributed by atoms with van der Waals surface area (Å²) in [5.41, 5.74) is 4.83. The highest BCUT2D eigenvalue weighted by molar-refractivity contribution is 7.52. The van der Waals surface area contributed by atoms with Crippen molar-refractivity contribution in [3.63, 3.8) is 0 Å². The third-order valence-corrected chi connectivity index (χ3v) is 4.22. The number of hydrogen-bond acceptors (Lipinski definition) is 7. The molecular formula is C12H15FN3O7P. The minimum atomic E-state index is -4.44. The second-order valence-corrected chi connectivity index (χ2v) is 6.73. The highest BCUT2D eigenvalue weighted by Crippen LogP contribution is 2.43. The van der Waals surface area contributed by atoms with Crippen molar-refractivity contribution in [2.24, 2.45) is 5.73 Å². The van der Waals surface area contributed by atoms with E-state index in [1.807, 2.05) is 0 Å². The number of carbonyl (C=O) groups is 1. The number of ether oxygens (including phenoxy) is 1. The van der Waals surface area contributed by atoms with Crippen LogP contribution in [-0.2, 0) is 13.8 Å². The zero-order valence-corrected chi connectivity index (χ0v) is 13.0. The zero-order valence-electron chi connectivity index (χ0n) is 12.1. The highest BCUT2D eigenvalue weighted by Gasteiger charge is 2.45. The predicted octanol–water partition coefficient (Wildman–Crippen LogP) is -1.29. The number of amides is 1. The van der Waals surface area contributed by atoms with Crippen LogP contribution < -0.4 is 5.73 Å². The Hall–Kier alpha value is -1.80. The maximum absolute atomic E-state index is 12.3. The molecule has 24 heavy (non-hydrogen) atoms. The summed E-state index contributed by atoms with van der Waals surface area (Å²) < 4.78 is 34.3. The molecule has 1 aromatic rings. The molecule has 10 nitrogen and oxygen atoms in total. The van der Waals surface area contributed by atoms with Crippen LogP contribution in [0.25, 0.3) is 0 Å². The number of aliphatic hydroxyl groups excluding tert-OH is 2. The smallest absolute Gasteiger partial charge is 0.358 e. The van der Waals surface area contributed by atoms with E-state index in [4.69, 9.17) is 21.8 Å². The van der Waals surface area contributed by atoms with Crippen molar-refractivity contribution in [3.05, 3.63) is 17.7 Å². The maximum Gasteiger partial charge on any atom is 0.358 e. The topological polar surface area (TPSA) is 157 Å². The number of alkyl halides is 1. The predicted molar refractivity (Wildman–Crippen MR) is 76.4 cm³/mol. The Bertz CT molecular complexity index is 718. The first-order valence-corrected chi connectivity index (χ1v) is 8.35. The van der Waals surface area contributed by atoms with Crippen LogP contribution in [-0.4, -0.2) is 61.9 Å². The molecule has 1 aliphatic rings. The van der Waals surface area contributed by atoms with Crippen molar-refractivity contribution in [2.45, 2.75) is 24.5 Å². The van der Waals surface area contributed by atoms with Crippen LogP contribution in [0.5, 0.6) is 0 Å². The SMILES string of the molecule is C#Cc1c(C(N)=O)ncn1[C@@H]1O[C@H](COP(=O)(O)CF)[C@H](O)C1O. The molecular weight excluding hydrogens is 348 g/mol. The lowest BCUT2D eigenvalue weighted by Crippen LogP contribution is -2.33. The number of terminal acetylenes is 1. The molecule has 1 aromatic heterocycles. The molecule has 5 atom stereocenters. The third kappa shape index (κ3) is 3.49. The van der Waals surface area contributed by atoms with Gasteiger partial charge >= 0.3 is 7.60 Å². The van der Waals surface area contributed by atoms with Gasteiger partial charge in [-0.05, 0) is 5.92 Å². The van der Waals surface area contributed by atoms with Crippen LogP contribution in [0.2, 0.25) is 0 Å². The summed E-state index contributed by atoms with van der Waals surface area (Å²) in [5, 5.41) is 20.0. The molecule has 2 unspecified atom stereocenters. The van der Waals surface area contributed by atoms with Crippen molar-refractivity contribution >= 4 is 13.5 Å². The Morgan fingerprint density at radius 2 is 2.25 bits per heavy atom. The summed E-state index contributed by atoms with van der Waals surface area (Å²) in [6.07, 6.45) is -0.720. The van der Waals surface area contributed by atoms with Gasteiger partial charge in [0.05, 0.1) is 12.9 Å². The fourth-order valence-corrected chi connectivity index (χ4v) is 2.65. The number of rotatable bonds is 6. The summed E-state index contributed by atoms with van der Waals surface area (Å²) in [7, 11) is -4.44. The molecule has 2 rings (SSSR count). The van der Waals surface area contributed by atoms with Gasteiger partial charge in [-0.25, -0.2) is 9.37 Å². The van der Waals surface area contributed by atoms with E-state index in [1.165, 1.54) is 0 Å². The van der Waals surface area contributed by atoms with Crippen molar-refractivity contribution in [2.75, 3.05) is 13.0 Å². The average Bonchev–Trinajstić information content (AvgIpc) is 3.08. The fourth-order valence-electron chi connectivity index (χ4n) is 2.20. The number of carbonyl (C=O) groups excluding carboxylic acids is 1. The van der Waals surface area contributed by atoms with Crippen molar-refractivity contribution in [1.82, 2.24) is 9.55 Å². The largest absolute Gasteiger partial charge is 0.387 e. The monoisotopic (exact) mass is 363 g/mol. The number of hydrogen-bond donors (Lipinski definition) is 4. The van der Waals surface area contributed by atoms with Crippen LogP contribution in [0.1, 0.15) is 22.4 Å².